The van der Waals surface area contributed by atoms with Crippen LogP contribution in [0, 0.1) is 5.82 Å². The number of aliphatic hydroxyl groups excluding tert-OH is 1. The zero-order valence-corrected chi connectivity index (χ0v) is 13.2. The molecule has 6 nitrogen and oxygen atoms in total. The molecule has 0 aliphatic heterocycles. The number of benzene rings is 1. The first-order valence-corrected chi connectivity index (χ1v) is 8.49. The first-order valence-electron chi connectivity index (χ1n) is 5.81. The van der Waals surface area contributed by atoms with E-state index in [0.717, 1.165) is 23.5 Å². The van der Waals surface area contributed by atoms with E-state index in [0.29, 0.717) is 11.4 Å². The average molecular weight is 352 g/mol. The lowest BCUT2D eigenvalue weighted by atomic mass is 10.2. The van der Waals surface area contributed by atoms with Gasteiger partial charge in [-0.1, -0.05) is 29.9 Å². The second-order valence-electron chi connectivity index (χ2n) is 4.00. The van der Waals surface area contributed by atoms with Gasteiger partial charge in [-0.25, -0.2) is 12.8 Å². The highest BCUT2D eigenvalue weighted by Crippen LogP contribution is 2.26. The van der Waals surface area contributed by atoms with Crippen LogP contribution in [0.15, 0.2) is 17.0 Å². The maximum absolute atomic E-state index is 13.6. The number of hydrogen-bond acceptors (Lipinski definition) is 6. The molecule has 0 bridgehead atoms. The molecular formula is C11H11ClFN3O3S2. The average Bonchev–Trinajstić information content (AvgIpc) is 2.88. The van der Waals surface area contributed by atoms with Crippen LogP contribution in [0.5, 0.6) is 0 Å². The smallest absolute Gasteiger partial charge is 0.263 e. The SMILES string of the molecule is CCc1nnc(NS(=O)(=O)c2cc(F)c(Cl)c(CO)c2)s1. The number of rotatable bonds is 5. The minimum Gasteiger partial charge on any atom is -0.392 e. The summed E-state index contributed by atoms with van der Waals surface area (Å²) in [4.78, 5) is -0.346. The lowest BCUT2D eigenvalue weighted by molar-refractivity contribution is 0.281. The Morgan fingerprint density at radius 3 is 2.71 bits per heavy atom. The highest BCUT2D eigenvalue weighted by Gasteiger charge is 2.20. The number of aryl methyl sites for hydroxylation is 1. The summed E-state index contributed by atoms with van der Waals surface area (Å²) < 4.78 is 40.1. The van der Waals surface area contributed by atoms with Gasteiger partial charge in [0.15, 0.2) is 0 Å². The molecule has 0 saturated heterocycles. The Morgan fingerprint density at radius 1 is 1.43 bits per heavy atom. The highest BCUT2D eigenvalue weighted by molar-refractivity contribution is 7.93. The van der Waals surface area contributed by atoms with Gasteiger partial charge in [-0.2, -0.15) is 0 Å². The largest absolute Gasteiger partial charge is 0.392 e. The van der Waals surface area contributed by atoms with Gasteiger partial charge >= 0.3 is 0 Å². The fourth-order valence-corrected chi connectivity index (χ4v) is 3.64. The fourth-order valence-electron chi connectivity index (χ4n) is 1.50. The summed E-state index contributed by atoms with van der Waals surface area (Å²) in [5.41, 5.74) is -0.0106. The second-order valence-corrected chi connectivity index (χ2v) is 7.12. The van der Waals surface area contributed by atoms with Crippen molar-refractivity contribution in [2.45, 2.75) is 24.8 Å². The van der Waals surface area contributed by atoms with E-state index in [9.17, 15) is 12.8 Å². The van der Waals surface area contributed by atoms with Crippen LogP contribution >= 0.6 is 22.9 Å². The lowest BCUT2D eigenvalue weighted by Gasteiger charge is -2.08. The van der Waals surface area contributed by atoms with Crippen molar-refractivity contribution < 1.29 is 17.9 Å². The molecule has 0 aliphatic rings. The van der Waals surface area contributed by atoms with Gasteiger partial charge in [0.25, 0.3) is 10.0 Å². The molecule has 21 heavy (non-hydrogen) atoms. The summed E-state index contributed by atoms with van der Waals surface area (Å²) in [6.07, 6.45) is 0.629. The Labute approximate surface area is 129 Å². The van der Waals surface area contributed by atoms with Gasteiger partial charge in [0.1, 0.15) is 10.8 Å². The van der Waals surface area contributed by atoms with E-state index in [4.69, 9.17) is 16.7 Å². The van der Waals surface area contributed by atoms with Crippen molar-refractivity contribution in [3.8, 4) is 0 Å². The van der Waals surface area contributed by atoms with Gasteiger partial charge in [-0.05, 0) is 18.6 Å². The van der Waals surface area contributed by atoms with Gasteiger partial charge in [0.05, 0.1) is 16.5 Å². The number of nitrogens with zero attached hydrogens (tertiary/aromatic N) is 2. The summed E-state index contributed by atoms with van der Waals surface area (Å²) in [6.45, 7) is 1.29. The van der Waals surface area contributed by atoms with Crippen molar-refractivity contribution >= 4 is 38.1 Å². The monoisotopic (exact) mass is 351 g/mol. The van der Waals surface area contributed by atoms with Crippen LogP contribution in [-0.2, 0) is 23.1 Å². The molecule has 1 heterocycles. The van der Waals surface area contributed by atoms with Crippen LogP contribution in [0.1, 0.15) is 17.5 Å². The van der Waals surface area contributed by atoms with Crippen LogP contribution in [0.25, 0.3) is 0 Å². The van der Waals surface area contributed by atoms with Crippen molar-refractivity contribution in [1.29, 1.82) is 0 Å². The molecule has 2 aromatic rings. The third-order valence-corrected chi connectivity index (χ3v) is 5.40. The number of sulfonamides is 1. The van der Waals surface area contributed by atoms with Crippen LogP contribution in [0.4, 0.5) is 9.52 Å². The zero-order chi connectivity index (χ0) is 15.6. The molecule has 0 atom stereocenters. The summed E-state index contributed by atoms with van der Waals surface area (Å²) in [6, 6.07) is 1.89. The molecule has 0 unspecified atom stereocenters. The minimum absolute atomic E-state index is 0.0106. The number of aromatic nitrogens is 2. The standard InChI is InChI=1S/C11H11ClFN3O3S2/c1-2-9-14-15-11(20-9)16-21(18,19)7-3-6(5-17)10(12)8(13)4-7/h3-4,17H,2,5H2,1H3,(H,15,16). The van der Waals surface area contributed by atoms with Crippen molar-refractivity contribution in [2.75, 3.05) is 4.72 Å². The predicted molar refractivity (Wildman–Crippen MR) is 77.4 cm³/mol. The molecule has 10 heteroatoms. The van der Waals surface area contributed by atoms with E-state index in [-0.39, 0.29) is 20.6 Å². The van der Waals surface area contributed by atoms with E-state index in [1.54, 1.807) is 0 Å². The third kappa shape index (κ3) is 3.49. The summed E-state index contributed by atoms with van der Waals surface area (Å²) in [5.74, 6) is -0.921. The molecule has 0 saturated carbocycles. The molecule has 2 rings (SSSR count). The quantitative estimate of drug-likeness (QED) is 0.861. The molecule has 1 aromatic carbocycles. The Morgan fingerprint density at radius 2 is 2.14 bits per heavy atom. The summed E-state index contributed by atoms with van der Waals surface area (Å²) in [7, 11) is -4.03. The maximum Gasteiger partial charge on any atom is 0.263 e. The number of nitrogens with one attached hydrogen (secondary N) is 1. The van der Waals surface area contributed by atoms with Crippen LogP contribution in [-0.4, -0.2) is 23.7 Å². The number of halogens is 2. The van der Waals surface area contributed by atoms with E-state index in [1.807, 2.05) is 6.92 Å². The van der Waals surface area contributed by atoms with Crippen molar-refractivity contribution in [1.82, 2.24) is 10.2 Å². The van der Waals surface area contributed by atoms with E-state index in [2.05, 4.69) is 14.9 Å². The number of aliphatic hydroxyl groups is 1. The lowest BCUT2D eigenvalue weighted by Crippen LogP contribution is -2.13. The summed E-state index contributed by atoms with van der Waals surface area (Å²) in [5, 5.41) is 17.0. The van der Waals surface area contributed by atoms with Gasteiger partial charge < -0.3 is 5.11 Å². The van der Waals surface area contributed by atoms with Gasteiger partial charge in [-0.3, -0.25) is 4.72 Å². The molecule has 0 radical (unpaired) electrons. The molecule has 114 valence electrons. The maximum atomic E-state index is 13.6. The Hall–Kier alpha value is -1.29. The van der Waals surface area contributed by atoms with Crippen LogP contribution < -0.4 is 4.72 Å². The Kier molecular flexibility index (Phi) is 4.77. The van der Waals surface area contributed by atoms with Crippen molar-refractivity contribution in [2.24, 2.45) is 0 Å². The first-order chi connectivity index (χ1) is 9.87. The van der Waals surface area contributed by atoms with Gasteiger partial charge in [0, 0.05) is 5.56 Å². The minimum atomic E-state index is -4.03. The van der Waals surface area contributed by atoms with E-state index < -0.39 is 22.4 Å². The fraction of sp³-hybridized carbons (Fsp3) is 0.273. The highest BCUT2D eigenvalue weighted by atomic mass is 35.5. The van der Waals surface area contributed by atoms with Gasteiger partial charge in [0.2, 0.25) is 5.13 Å². The Balaban J connectivity index is 2.37. The normalized spacial score (nSPS) is 11.6. The first kappa shape index (κ1) is 16.1. The molecule has 0 fully saturated rings. The Bertz CT molecular complexity index is 764. The molecule has 0 aliphatic carbocycles. The van der Waals surface area contributed by atoms with E-state index in [1.165, 1.54) is 0 Å². The number of anilines is 1. The molecule has 2 N–H and O–H groups in total. The third-order valence-electron chi connectivity index (χ3n) is 2.55. The molecule has 0 amide bonds. The van der Waals surface area contributed by atoms with Crippen molar-refractivity contribution in [3.63, 3.8) is 0 Å². The number of hydrogen-bond donors (Lipinski definition) is 2. The topological polar surface area (TPSA) is 92.2 Å². The second kappa shape index (κ2) is 6.22. The van der Waals surface area contributed by atoms with E-state index >= 15 is 0 Å². The molecule has 0 spiro atoms. The molecule has 1 aromatic heterocycles. The summed E-state index contributed by atoms with van der Waals surface area (Å²) >= 11 is 6.72. The van der Waals surface area contributed by atoms with Crippen LogP contribution in [0.3, 0.4) is 0 Å². The zero-order valence-electron chi connectivity index (χ0n) is 10.8. The van der Waals surface area contributed by atoms with Crippen molar-refractivity contribution in [3.05, 3.63) is 33.5 Å². The predicted octanol–water partition coefficient (Wildman–Crippen LogP) is 2.19. The van der Waals surface area contributed by atoms with Crippen LogP contribution in [0.2, 0.25) is 5.02 Å². The molecular weight excluding hydrogens is 341 g/mol. The van der Waals surface area contributed by atoms with Gasteiger partial charge in [-0.15, -0.1) is 10.2 Å².